The lowest BCUT2D eigenvalue weighted by Crippen LogP contribution is -2.45. The van der Waals surface area contributed by atoms with Crippen LogP contribution < -0.4 is 16.1 Å². The van der Waals surface area contributed by atoms with E-state index >= 15 is 0 Å². The Kier molecular flexibility index (Phi) is 18.7. The average Bonchev–Trinajstić information content (AvgIpc) is 3.34. The van der Waals surface area contributed by atoms with E-state index in [1.54, 1.807) is 18.2 Å². The van der Waals surface area contributed by atoms with Gasteiger partial charge in [-0.25, -0.2) is 4.79 Å². The maximum Gasteiger partial charge on any atom is 0.488 e. The van der Waals surface area contributed by atoms with Crippen molar-refractivity contribution in [1.29, 1.82) is 0 Å². The molecule has 0 saturated heterocycles. The predicted octanol–water partition coefficient (Wildman–Crippen LogP) is 13.3. The van der Waals surface area contributed by atoms with Crippen LogP contribution in [0.4, 0.5) is 10.5 Å². The molecule has 69 heavy (non-hydrogen) atoms. The second kappa shape index (κ2) is 25.0. The van der Waals surface area contributed by atoms with Gasteiger partial charge in [0.15, 0.2) is 0 Å². The molecule has 1 atom stereocenters. The van der Waals surface area contributed by atoms with Crippen molar-refractivity contribution >= 4 is 36.1 Å². The molecule has 1 amide bonds. The van der Waals surface area contributed by atoms with Gasteiger partial charge in [-0.2, -0.15) is 0 Å². The molecule has 0 aromatic heterocycles. The van der Waals surface area contributed by atoms with Crippen molar-refractivity contribution in [2.75, 3.05) is 17.6 Å². The van der Waals surface area contributed by atoms with Gasteiger partial charge in [-0.15, -0.1) is 11.8 Å². The second-order valence-electron chi connectivity index (χ2n) is 18.3. The Morgan fingerprint density at radius 1 is 0.522 bits per heavy atom. The maximum absolute atomic E-state index is 13.1. The average molecular weight is 933 g/mol. The monoisotopic (exact) mass is 932 g/mol. The molecule has 8 rings (SSSR count). The van der Waals surface area contributed by atoms with Crippen molar-refractivity contribution in [2.45, 2.75) is 64.9 Å². The summed E-state index contributed by atoms with van der Waals surface area (Å²) in [6.07, 6.45) is -0.422. The number of hydrogen-bond donors (Lipinski definition) is 4. The number of ether oxygens (including phenoxy) is 1. The van der Waals surface area contributed by atoms with Crippen molar-refractivity contribution in [3.05, 3.63) is 251 Å². The molecule has 8 aromatic rings. The Morgan fingerprint density at radius 3 is 1.36 bits per heavy atom. The topological polar surface area (TPSA) is 90.8 Å². The van der Waals surface area contributed by atoms with Crippen LogP contribution in [-0.2, 0) is 9.48 Å². The van der Waals surface area contributed by atoms with Gasteiger partial charge in [-0.05, 0) is 105 Å². The number of rotatable bonds is 13. The van der Waals surface area contributed by atoms with E-state index in [1.807, 2.05) is 45.5 Å². The van der Waals surface area contributed by atoms with Gasteiger partial charge in [0.1, 0.15) is 5.60 Å². The molecule has 0 heterocycles. The van der Waals surface area contributed by atoms with E-state index in [0.717, 1.165) is 11.3 Å². The number of benzene rings is 8. The normalized spacial score (nSPS) is 11.4. The third-order valence-electron chi connectivity index (χ3n) is 11.3. The Labute approximate surface area is 415 Å². The Balaban J connectivity index is 0.000000263. The summed E-state index contributed by atoms with van der Waals surface area (Å²) in [6.45, 7) is 14.4. The van der Waals surface area contributed by atoms with E-state index in [1.165, 1.54) is 55.6 Å². The first kappa shape index (κ1) is 51.6. The van der Waals surface area contributed by atoms with Gasteiger partial charge in [-0.3, -0.25) is 0 Å². The molecule has 0 spiro atoms. The molecular formula is C61H65BN2O4S. The maximum atomic E-state index is 13.1. The predicted molar refractivity (Wildman–Crippen MR) is 292 cm³/mol. The van der Waals surface area contributed by atoms with E-state index in [4.69, 9.17) is 14.8 Å². The summed E-state index contributed by atoms with van der Waals surface area (Å²) >= 11 is 1.82. The van der Waals surface area contributed by atoms with Gasteiger partial charge in [0.25, 0.3) is 0 Å². The van der Waals surface area contributed by atoms with E-state index < -0.39 is 23.6 Å². The molecule has 0 radical (unpaired) electrons. The molecule has 4 N–H and O–H groups in total. The van der Waals surface area contributed by atoms with Gasteiger partial charge < -0.3 is 25.4 Å². The number of aryl methyl sites for hydroxylation is 4. The molecule has 0 aliphatic carbocycles. The summed E-state index contributed by atoms with van der Waals surface area (Å²) in [5, 5.41) is 24.2. The van der Waals surface area contributed by atoms with Crippen LogP contribution in [0.15, 0.2) is 212 Å². The third-order valence-corrected chi connectivity index (χ3v) is 13.0. The van der Waals surface area contributed by atoms with Crippen LogP contribution in [-0.4, -0.2) is 47.2 Å². The summed E-state index contributed by atoms with van der Waals surface area (Å²) < 4.78 is 5.20. The molecule has 0 unspecified atom stereocenters. The SMILES string of the molecule is Cc1ccc(-c2cccc(C)c2)cc1.Cc1cccc(-c2ccc(NC[C@H](CSC(c3ccccc3)(c3ccccc3)c3ccccc3)NC(=O)OC(C)(C)C)cc2)c1.Cc1cccc(B(O)O)c1. The Bertz CT molecular complexity index is 2700. The number of nitrogens with one attached hydrogen (secondary N) is 2. The molecule has 0 aliphatic rings. The van der Waals surface area contributed by atoms with Crippen LogP contribution in [0.1, 0.15) is 59.7 Å². The lowest BCUT2D eigenvalue weighted by molar-refractivity contribution is 0.0512. The molecule has 0 saturated carbocycles. The first-order chi connectivity index (χ1) is 33.2. The van der Waals surface area contributed by atoms with E-state index in [2.05, 4.69) is 219 Å². The fourth-order valence-corrected chi connectivity index (χ4v) is 9.43. The highest BCUT2D eigenvalue weighted by Gasteiger charge is 2.38. The summed E-state index contributed by atoms with van der Waals surface area (Å²) in [4.78, 5) is 13.1. The first-order valence-corrected chi connectivity index (χ1v) is 24.4. The van der Waals surface area contributed by atoms with E-state index in [9.17, 15) is 4.79 Å². The summed E-state index contributed by atoms with van der Waals surface area (Å²) in [5.74, 6) is 0.631. The quantitative estimate of drug-likeness (QED) is 0.0680. The zero-order valence-electron chi connectivity index (χ0n) is 40.9. The molecule has 352 valence electrons. The number of hydrogen-bond acceptors (Lipinski definition) is 6. The molecule has 8 heteroatoms. The largest absolute Gasteiger partial charge is 0.488 e. The van der Waals surface area contributed by atoms with Crippen molar-refractivity contribution in [1.82, 2.24) is 5.32 Å². The second-order valence-corrected chi connectivity index (χ2v) is 19.5. The fourth-order valence-electron chi connectivity index (χ4n) is 7.87. The van der Waals surface area contributed by atoms with Gasteiger partial charge in [-0.1, -0.05) is 222 Å². The standard InChI is InChI=1S/C40H42N2O2S.C14H14.C7H9BO2/c1-30-15-14-16-32(27-30)31-23-25-36(26-24-31)41-28-37(42-38(43)44-39(2,3)4)29-45-40(33-17-8-5-9-18-33,34-19-10-6-11-20-34)35-21-12-7-13-22-35;1-11-6-8-13(9-7-11)14-5-3-4-12(2)10-14;1-6-3-2-4-7(5-6)8(9)10/h5-27,37,41H,28-29H2,1-4H3,(H,42,43);3-10H,1-2H3;2-5,9-10H,1H3/t37-;;/m1../s1. The van der Waals surface area contributed by atoms with Crippen LogP contribution in [0.3, 0.4) is 0 Å². The van der Waals surface area contributed by atoms with Crippen LogP contribution in [0.2, 0.25) is 0 Å². The first-order valence-electron chi connectivity index (χ1n) is 23.5. The highest BCUT2D eigenvalue weighted by atomic mass is 32.2. The smallest absolute Gasteiger partial charge is 0.444 e. The Morgan fingerprint density at radius 2 is 0.957 bits per heavy atom. The summed E-state index contributed by atoms with van der Waals surface area (Å²) in [7, 11) is -1.35. The lowest BCUT2D eigenvalue weighted by atomic mass is 9.80. The van der Waals surface area contributed by atoms with Crippen LogP contribution in [0.5, 0.6) is 0 Å². The number of carbonyl (C=O) groups is 1. The van der Waals surface area contributed by atoms with E-state index in [0.29, 0.717) is 17.8 Å². The van der Waals surface area contributed by atoms with Crippen molar-refractivity contribution in [3.63, 3.8) is 0 Å². The number of alkyl carbamates (subject to hydrolysis) is 1. The molecule has 0 fully saturated rings. The number of amides is 1. The third kappa shape index (κ3) is 15.6. The van der Waals surface area contributed by atoms with Crippen LogP contribution in [0.25, 0.3) is 22.3 Å². The van der Waals surface area contributed by atoms with Gasteiger partial charge in [0.2, 0.25) is 0 Å². The minimum Gasteiger partial charge on any atom is -0.444 e. The number of carbonyl (C=O) groups excluding carboxylic acids is 1. The van der Waals surface area contributed by atoms with Crippen molar-refractivity contribution in [2.24, 2.45) is 0 Å². The Hall–Kier alpha value is -6.84. The van der Waals surface area contributed by atoms with Crippen LogP contribution >= 0.6 is 11.8 Å². The van der Waals surface area contributed by atoms with Crippen molar-refractivity contribution < 1.29 is 19.6 Å². The molecule has 0 aliphatic heterocycles. The summed E-state index contributed by atoms with van der Waals surface area (Å²) in [5.41, 5.74) is 14.3. The molecular weight excluding hydrogens is 868 g/mol. The van der Waals surface area contributed by atoms with Gasteiger partial charge >= 0.3 is 13.2 Å². The zero-order valence-corrected chi connectivity index (χ0v) is 41.7. The van der Waals surface area contributed by atoms with Crippen LogP contribution in [0, 0.1) is 27.7 Å². The van der Waals surface area contributed by atoms with Crippen molar-refractivity contribution in [3.8, 4) is 22.3 Å². The minimum atomic E-state index is -1.35. The highest BCUT2D eigenvalue weighted by Crippen LogP contribution is 2.48. The van der Waals surface area contributed by atoms with E-state index in [-0.39, 0.29) is 6.04 Å². The number of thioether (sulfide) groups is 1. The van der Waals surface area contributed by atoms with Gasteiger partial charge in [0, 0.05) is 18.0 Å². The molecule has 8 aromatic carbocycles. The molecule has 0 bridgehead atoms. The number of anilines is 1. The highest BCUT2D eigenvalue weighted by molar-refractivity contribution is 8.00. The lowest BCUT2D eigenvalue weighted by Gasteiger charge is -2.37. The zero-order chi connectivity index (χ0) is 49.2. The molecule has 6 nitrogen and oxygen atoms in total. The fraction of sp³-hybridized carbons (Fsp3) is 0.197. The van der Waals surface area contributed by atoms with Gasteiger partial charge in [0.05, 0.1) is 10.8 Å². The summed E-state index contributed by atoms with van der Waals surface area (Å²) in [6, 6.07) is 73.0. The minimum absolute atomic E-state index is 0.225.